The van der Waals surface area contributed by atoms with Gasteiger partial charge >= 0.3 is 6.03 Å². The van der Waals surface area contributed by atoms with Crippen molar-refractivity contribution in [2.24, 2.45) is 0 Å². The summed E-state index contributed by atoms with van der Waals surface area (Å²) in [7, 11) is 0. The van der Waals surface area contributed by atoms with Gasteiger partial charge in [-0.3, -0.25) is 9.78 Å². The molecule has 152 valence electrons. The van der Waals surface area contributed by atoms with Crippen molar-refractivity contribution in [2.75, 3.05) is 18.4 Å². The smallest absolute Gasteiger partial charge is 0.322 e. The lowest BCUT2D eigenvalue weighted by atomic mass is 10.1. The molecule has 0 radical (unpaired) electrons. The number of fused-ring (bicyclic) bond motifs is 1. The maximum absolute atomic E-state index is 12.5. The van der Waals surface area contributed by atoms with Gasteiger partial charge < -0.3 is 24.3 Å². The number of aromatic nitrogens is 1. The third-order valence-electron chi connectivity index (χ3n) is 5.33. The Bertz CT molecular complexity index is 1030. The fraction of sp³-hybridized carbons (Fsp3) is 0.227. The SMILES string of the molecule is O=C(Nc1ccc(OC2CN(C(=O)c3ccoc3)C2)cc1)N1Cc2ccncc2C1. The number of urea groups is 1. The van der Waals surface area contributed by atoms with Crippen LogP contribution in [0.4, 0.5) is 10.5 Å². The highest BCUT2D eigenvalue weighted by molar-refractivity contribution is 5.94. The van der Waals surface area contributed by atoms with Gasteiger partial charge in [-0.15, -0.1) is 0 Å². The number of likely N-dealkylation sites (tertiary alicyclic amines) is 1. The van der Waals surface area contributed by atoms with Crippen molar-refractivity contribution < 1.29 is 18.7 Å². The first kappa shape index (κ1) is 18.2. The molecule has 0 aliphatic carbocycles. The first-order valence-electron chi connectivity index (χ1n) is 9.71. The van der Waals surface area contributed by atoms with Crippen LogP contribution in [0.3, 0.4) is 0 Å². The lowest BCUT2D eigenvalue weighted by Gasteiger charge is -2.38. The van der Waals surface area contributed by atoms with Gasteiger partial charge in [0.2, 0.25) is 0 Å². The fourth-order valence-electron chi connectivity index (χ4n) is 3.62. The Morgan fingerprint density at radius 2 is 1.83 bits per heavy atom. The summed E-state index contributed by atoms with van der Waals surface area (Å²) in [5.74, 6) is 0.648. The molecule has 2 aliphatic rings. The number of furan rings is 1. The van der Waals surface area contributed by atoms with Gasteiger partial charge in [0, 0.05) is 31.2 Å². The molecule has 0 bridgehead atoms. The Morgan fingerprint density at radius 1 is 1.03 bits per heavy atom. The lowest BCUT2D eigenvalue weighted by molar-refractivity contribution is 0.0177. The second-order valence-corrected chi connectivity index (χ2v) is 7.42. The Balaban J connectivity index is 1.11. The molecule has 0 unspecified atom stereocenters. The van der Waals surface area contributed by atoms with Crippen LogP contribution in [0, 0.1) is 0 Å². The van der Waals surface area contributed by atoms with Gasteiger partial charge in [0.25, 0.3) is 5.91 Å². The Kier molecular flexibility index (Phi) is 4.59. The summed E-state index contributed by atoms with van der Waals surface area (Å²) in [5, 5.41) is 2.91. The number of nitrogens with zero attached hydrogens (tertiary/aromatic N) is 3. The van der Waals surface area contributed by atoms with Gasteiger partial charge in [0.15, 0.2) is 0 Å². The van der Waals surface area contributed by atoms with Crippen LogP contribution in [0.1, 0.15) is 21.5 Å². The van der Waals surface area contributed by atoms with Crippen LogP contribution in [0.25, 0.3) is 0 Å². The molecule has 0 spiro atoms. The average molecular weight is 404 g/mol. The molecule has 8 nitrogen and oxygen atoms in total. The van der Waals surface area contributed by atoms with Gasteiger partial charge in [-0.05, 0) is 47.5 Å². The zero-order valence-corrected chi connectivity index (χ0v) is 16.2. The van der Waals surface area contributed by atoms with E-state index in [9.17, 15) is 9.59 Å². The van der Waals surface area contributed by atoms with Crippen LogP contribution < -0.4 is 10.1 Å². The number of rotatable bonds is 4. The molecule has 2 aliphatic heterocycles. The predicted octanol–water partition coefficient (Wildman–Crippen LogP) is 3.13. The van der Waals surface area contributed by atoms with Crippen molar-refractivity contribution in [3.8, 4) is 5.75 Å². The van der Waals surface area contributed by atoms with Crippen molar-refractivity contribution in [1.82, 2.24) is 14.8 Å². The highest BCUT2D eigenvalue weighted by atomic mass is 16.5. The van der Waals surface area contributed by atoms with Crippen LogP contribution in [0.2, 0.25) is 0 Å². The maximum atomic E-state index is 12.5. The minimum Gasteiger partial charge on any atom is -0.487 e. The minimum atomic E-state index is -0.146. The second kappa shape index (κ2) is 7.55. The third-order valence-corrected chi connectivity index (χ3v) is 5.33. The van der Waals surface area contributed by atoms with Crippen molar-refractivity contribution in [2.45, 2.75) is 19.2 Å². The average Bonchev–Trinajstić information content (AvgIpc) is 3.41. The molecule has 1 N–H and O–H groups in total. The number of carbonyl (C=O) groups excluding carboxylic acids is 2. The van der Waals surface area contributed by atoms with Crippen molar-refractivity contribution >= 4 is 17.6 Å². The van der Waals surface area contributed by atoms with E-state index in [1.807, 2.05) is 30.3 Å². The number of hydrogen-bond acceptors (Lipinski definition) is 5. The van der Waals surface area contributed by atoms with E-state index in [4.69, 9.17) is 9.15 Å². The summed E-state index contributed by atoms with van der Waals surface area (Å²) in [6.45, 7) is 2.21. The van der Waals surface area contributed by atoms with Gasteiger partial charge in [0.05, 0.1) is 24.9 Å². The van der Waals surface area contributed by atoms with Gasteiger partial charge in [-0.1, -0.05) is 0 Å². The molecule has 30 heavy (non-hydrogen) atoms. The van der Waals surface area contributed by atoms with Crippen molar-refractivity contribution in [3.05, 3.63) is 78.0 Å². The summed E-state index contributed by atoms with van der Waals surface area (Å²) >= 11 is 0. The molecule has 2 aromatic heterocycles. The van der Waals surface area contributed by atoms with E-state index in [1.54, 1.807) is 28.3 Å². The summed E-state index contributed by atoms with van der Waals surface area (Å²) < 4.78 is 10.9. The van der Waals surface area contributed by atoms with E-state index in [-0.39, 0.29) is 18.0 Å². The number of benzene rings is 1. The topological polar surface area (TPSA) is 87.9 Å². The van der Waals surface area contributed by atoms with Crippen LogP contribution in [0.5, 0.6) is 5.75 Å². The summed E-state index contributed by atoms with van der Waals surface area (Å²) in [6, 6.07) is 10.7. The highest BCUT2D eigenvalue weighted by Gasteiger charge is 2.33. The summed E-state index contributed by atoms with van der Waals surface area (Å²) in [6.07, 6.45) is 6.44. The largest absolute Gasteiger partial charge is 0.487 e. The maximum Gasteiger partial charge on any atom is 0.322 e. The monoisotopic (exact) mass is 404 g/mol. The molecule has 3 aromatic rings. The number of ether oxygens (including phenoxy) is 1. The molecule has 5 rings (SSSR count). The number of anilines is 1. The molecule has 0 atom stereocenters. The van der Waals surface area contributed by atoms with Gasteiger partial charge in [-0.2, -0.15) is 0 Å². The number of hydrogen-bond donors (Lipinski definition) is 1. The Labute approximate surface area is 173 Å². The quantitative estimate of drug-likeness (QED) is 0.722. The standard InChI is InChI=1S/C22H20N4O4/c27-21(16-6-8-29-14-16)25-12-20(13-25)30-19-3-1-18(2-4-19)24-22(28)26-10-15-5-7-23-9-17(15)11-26/h1-9,14,20H,10-13H2,(H,24,28). The molecule has 0 saturated carbocycles. The first-order valence-corrected chi connectivity index (χ1v) is 9.71. The van der Waals surface area contributed by atoms with E-state index < -0.39 is 0 Å². The highest BCUT2D eigenvalue weighted by Crippen LogP contribution is 2.24. The summed E-state index contributed by atoms with van der Waals surface area (Å²) in [5.41, 5.74) is 3.46. The van der Waals surface area contributed by atoms with Gasteiger partial charge in [-0.25, -0.2) is 4.79 Å². The minimum absolute atomic E-state index is 0.0435. The number of amides is 3. The zero-order chi connectivity index (χ0) is 20.5. The van der Waals surface area contributed by atoms with Crippen LogP contribution in [0.15, 0.2) is 65.7 Å². The van der Waals surface area contributed by atoms with Gasteiger partial charge in [0.1, 0.15) is 18.1 Å². The van der Waals surface area contributed by atoms with Crippen LogP contribution in [-0.4, -0.2) is 45.9 Å². The molecular formula is C22H20N4O4. The molecule has 1 fully saturated rings. The Hall–Kier alpha value is -3.81. The Morgan fingerprint density at radius 3 is 2.57 bits per heavy atom. The molecule has 4 heterocycles. The molecule has 1 aromatic carbocycles. The molecule has 3 amide bonds. The molecular weight excluding hydrogens is 384 g/mol. The summed E-state index contributed by atoms with van der Waals surface area (Å²) in [4.78, 5) is 32.3. The first-order chi connectivity index (χ1) is 14.7. The third kappa shape index (κ3) is 3.59. The van der Waals surface area contributed by atoms with E-state index in [2.05, 4.69) is 10.3 Å². The number of carbonyl (C=O) groups is 2. The normalized spacial score (nSPS) is 15.5. The fourth-order valence-corrected chi connectivity index (χ4v) is 3.62. The van der Waals surface area contributed by atoms with E-state index in [0.29, 0.717) is 43.2 Å². The lowest BCUT2D eigenvalue weighted by Crippen LogP contribution is -2.56. The van der Waals surface area contributed by atoms with Crippen LogP contribution in [-0.2, 0) is 13.1 Å². The van der Waals surface area contributed by atoms with Crippen LogP contribution >= 0.6 is 0 Å². The van der Waals surface area contributed by atoms with Crippen molar-refractivity contribution in [1.29, 1.82) is 0 Å². The molecule has 8 heteroatoms. The van der Waals surface area contributed by atoms with E-state index >= 15 is 0 Å². The zero-order valence-electron chi connectivity index (χ0n) is 16.2. The number of nitrogens with one attached hydrogen (secondary N) is 1. The van der Waals surface area contributed by atoms with E-state index in [0.717, 1.165) is 11.1 Å². The predicted molar refractivity (Wildman–Crippen MR) is 108 cm³/mol. The number of pyridine rings is 1. The van der Waals surface area contributed by atoms with Crippen molar-refractivity contribution in [3.63, 3.8) is 0 Å². The second-order valence-electron chi connectivity index (χ2n) is 7.42. The van der Waals surface area contributed by atoms with E-state index in [1.165, 1.54) is 12.5 Å². The molecule has 1 saturated heterocycles.